The van der Waals surface area contributed by atoms with Gasteiger partial charge in [0.2, 0.25) is 0 Å². The van der Waals surface area contributed by atoms with Crippen LogP contribution in [0.4, 0.5) is 0 Å². The highest BCUT2D eigenvalue weighted by atomic mass is 16.5. The summed E-state index contributed by atoms with van der Waals surface area (Å²) in [6.45, 7) is 6.28. The zero-order valence-corrected chi connectivity index (χ0v) is 9.45. The van der Waals surface area contributed by atoms with Crippen molar-refractivity contribution in [2.24, 2.45) is 0 Å². The Kier molecular flexibility index (Phi) is 9.29. The van der Waals surface area contributed by atoms with Crippen molar-refractivity contribution in [3.8, 4) is 0 Å². The molecule has 0 aromatic carbocycles. The van der Waals surface area contributed by atoms with Crippen LogP contribution in [0, 0.1) is 0 Å². The first kappa shape index (κ1) is 13.8. The topological polar surface area (TPSA) is 50.7 Å². The third-order valence-electron chi connectivity index (χ3n) is 1.94. The van der Waals surface area contributed by atoms with Gasteiger partial charge in [0, 0.05) is 32.4 Å². The molecule has 2 N–H and O–H groups in total. The van der Waals surface area contributed by atoms with Gasteiger partial charge < -0.3 is 19.9 Å². The predicted molar refractivity (Wildman–Crippen MR) is 56.5 cm³/mol. The van der Waals surface area contributed by atoms with Crippen molar-refractivity contribution in [3.05, 3.63) is 0 Å². The number of aliphatic hydroxyl groups excluding tert-OH is 1. The van der Waals surface area contributed by atoms with Crippen molar-refractivity contribution in [1.82, 2.24) is 5.32 Å². The molecule has 0 fully saturated rings. The molecule has 0 heterocycles. The molecule has 0 aliphatic rings. The van der Waals surface area contributed by atoms with Crippen molar-refractivity contribution < 1.29 is 14.6 Å². The lowest BCUT2D eigenvalue weighted by Crippen LogP contribution is -2.42. The quantitative estimate of drug-likeness (QED) is 0.572. The van der Waals surface area contributed by atoms with Crippen LogP contribution < -0.4 is 5.32 Å². The van der Waals surface area contributed by atoms with Gasteiger partial charge in [0.25, 0.3) is 0 Å². The molecule has 4 heteroatoms. The number of aliphatic hydroxyl groups is 1. The summed E-state index contributed by atoms with van der Waals surface area (Å²) in [7, 11) is 1.67. The number of hydrogen-bond acceptors (Lipinski definition) is 4. The van der Waals surface area contributed by atoms with Gasteiger partial charge in [-0.25, -0.2) is 0 Å². The van der Waals surface area contributed by atoms with Gasteiger partial charge in [-0.2, -0.15) is 0 Å². The monoisotopic (exact) mass is 205 g/mol. The van der Waals surface area contributed by atoms with Crippen LogP contribution in [0.15, 0.2) is 0 Å². The van der Waals surface area contributed by atoms with E-state index < -0.39 is 0 Å². The second-order valence-corrected chi connectivity index (χ2v) is 3.39. The summed E-state index contributed by atoms with van der Waals surface area (Å²) in [5.74, 6) is 0. The summed E-state index contributed by atoms with van der Waals surface area (Å²) < 4.78 is 10.3. The Morgan fingerprint density at radius 2 is 2.07 bits per heavy atom. The van der Waals surface area contributed by atoms with E-state index in [2.05, 4.69) is 12.2 Å². The van der Waals surface area contributed by atoms with Gasteiger partial charge in [0.1, 0.15) is 0 Å². The molecule has 14 heavy (non-hydrogen) atoms. The van der Waals surface area contributed by atoms with Gasteiger partial charge >= 0.3 is 0 Å². The van der Waals surface area contributed by atoms with E-state index in [1.165, 1.54) is 0 Å². The van der Waals surface area contributed by atoms with Crippen molar-refractivity contribution in [3.63, 3.8) is 0 Å². The summed E-state index contributed by atoms with van der Waals surface area (Å²) in [4.78, 5) is 0. The van der Waals surface area contributed by atoms with Crippen molar-refractivity contribution in [1.29, 1.82) is 0 Å². The molecule has 86 valence electrons. The second kappa shape index (κ2) is 9.40. The van der Waals surface area contributed by atoms with Crippen LogP contribution in [0.25, 0.3) is 0 Å². The third-order valence-corrected chi connectivity index (χ3v) is 1.94. The van der Waals surface area contributed by atoms with E-state index in [-0.39, 0.29) is 12.6 Å². The molecular formula is C10H23NO3. The molecule has 0 aliphatic carbocycles. The van der Waals surface area contributed by atoms with Crippen molar-refractivity contribution >= 4 is 0 Å². The summed E-state index contributed by atoms with van der Waals surface area (Å²) >= 11 is 0. The SMILES string of the molecule is CCOCC(C)NC(CCO)COC. The number of ether oxygens (including phenoxy) is 2. The molecule has 0 radical (unpaired) electrons. The molecule has 0 spiro atoms. The standard InChI is InChI=1S/C10H23NO3/c1-4-14-7-9(2)11-10(5-6-12)8-13-3/h9-12H,4-8H2,1-3H3. The Labute approximate surface area is 86.6 Å². The average molecular weight is 205 g/mol. The minimum absolute atomic E-state index is 0.183. The van der Waals surface area contributed by atoms with Gasteiger partial charge in [-0.05, 0) is 20.3 Å². The Balaban J connectivity index is 3.64. The molecular weight excluding hydrogens is 182 g/mol. The lowest BCUT2D eigenvalue weighted by molar-refractivity contribution is 0.103. The maximum Gasteiger partial charge on any atom is 0.0616 e. The van der Waals surface area contributed by atoms with E-state index in [4.69, 9.17) is 14.6 Å². The lowest BCUT2D eigenvalue weighted by atomic mass is 10.2. The van der Waals surface area contributed by atoms with Crippen LogP contribution in [0.2, 0.25) is 0 Å². The van der Waals surface area contributed by atoms with Crippen LogP contribution in [-0.2, 0) is 9.47 Å². The highest BCUT2D eigenvalue weighted by molar-refractivity contribution is 4.70. The minimum Gasteiger partial charge on any atom is -0.396 e. The van der Waals surface area contributed by atoms with E-state index in [9.17, 15) is 0 Å². The first-order valence-corrected chi connectivity index (χ1v) is 5.18. The van der Waals surface area contributed by atoms with Crippen LogP contribution in [-0.4, -0.2) is 50.7 Å². The Hall–Kier alpha value is -0.160. The minimum atomic E-state index is 0.183. The highest BCUT2D eigenvalue weighted by Gasteiger charge is 2.10. The average Bonchev–Trinajstić information content (AvgIpc) is 2.15. The van der Waals surface area contributed by atoms with E-state index in [0.29, 0.717) is 25.7 Å². The number of methoxy groups -OCH3 is 1. The molecule has 0 aromatic heterocycles. The summed E-state index contributed by atoms with van der Waals surface area (Å²) in [6.07, 6.45) is 0.713. The molecule has 2 atom stereocenters. The van der Waals surface area contributed by atoms with Crippen LogP contribution >= 0.6 is 0 Å². The van der Waals surface area contributed by atoms with E-state index in [1.807, 2.05) is 6.92 Å². The normalized spacial score (nSPS) is 15.4. The summed E-state index contributed by atoms with van der Waals surface area (Å²) in [5.41, 5.74) is 0. The summed E-state index contributed by atoms with van der Waals surface area (Å²) in [6, 6.07) is 0.502. The largest absolute Gasteiger partial charge is 0.396 e. The predicted octanol–water partition coefficient (Wildman–Crippen LogP) is 0.398. The fourth-order valence-corrected chi connectivity index (χ4v) is 1.32. The molecule has 0 saturated carbocycles. The molecule has 4 nitrogen and oxygen atoms in total. The zero-order chi connectivity index (χ0) is 10.8. The third kappa shape index (κ3) is 7.26. The fourth-order valence-electron chi connectivity index (χ4n) is 1.32. The maximum absolute atomic E-state index is 8.83. The number of rotatable bonds is 9. The number of nitrogens with one attached hydrogen (secondary N) is 1. The molecule has 0 bridgehead atoms. The molecule has 0 aliphatic heterocycles. The van der Waals surface area contributed by atoms with Gasteiger partial charge in [0.15, 0.2) is 0 Å². The number of hydrogen-bond donors (Lipinski definition) is 2. The highest BCUT2D eigenvalue weighted by Crippen LogP contribution is 1.95. The van der Waals surface area contributed by atoms with E-state index in [1.54, 1.807) is 7.11 Å². The smallest absolute Gasteiger partial charge is 0.0616 e. The van der Waals surface area contributed by atoms with Crippen molar-refractivity contribution in [2.75, 3.05) is 33.5 Å². The Morgan fingerprint density at radius 1 is 1.36 bits per heavy atom. The van der Waals surface area contributed by atoms with Gasteiger partial charge in [-0.1, -0.05) is 0 Å². The van der Waals surface area contributed by atoms with Gasteiger partial charge in [-0.15, -0.1) is 0 Å². The van der Waals surface area contributed by atoms with Crippen LogP contribution in [0.5, 0.6) is 0 Å². The van der Waals surface area contributed by atoms with E-state index >= 15 is 0 Å². The molecule has 0 rings (SSSR count). The first-order valence-electron chi connectivity index (χ1n) is 5.18. The van der Waals surface area contributed by atoms with E-state index in [0.717, 1.165) is 6.61 Å². The van der Waals surface area contributed by atoms with Crippen molar-refractivity contribution in [2.45, 2.75) is 32.4 Å². The molecule has 2 unspecified atom stereocenters. The summed E-state index contributed by atoms with van der Waals surface area (Å²) in [5, 5.41) is 12.2. The van der Waals surface area contributed by atoms with Crippen LogP contribution in [0.3, 0.4) is 0 Å². The lowest BCUT2D eigenvalue weighted by Gasteiger charge is -2.21. The molecule has 0 saturated heterocycles. The van der Waals surface area contributed by atoms with Gasteiger partial charge in [0.05, 0.1) is 13.2 Å². The molecule has 0 aromatic rings. The van der Waals surface area contributed by atoms with Gasteiger partial charge in [-0.3, -0.25) is 0 Å². The second-order valence-electron chi connectivity index (χ2n) is 3.39. The molecule has 0 amide bonds. The zero-order valence-electron chi connectivity index (χ0n) is 9.45. The fraction of sp³-hybridized carbons (Fsp3) is 1.00. The maximum atomic E-state index is 8.83. The first-order chi connectivity index (χ1) is 6.74. The van der Waals surface area contributed by atoms with Crippen LogP contribution in [0.1, 0.15) is 20.3 Å². The Bertz CT molecular complexity index is 116. The Morgan fingerprint density at radius 3 is 2.57 bits per heavy atom.